The van der Waals surface area contributed by atoms with Crippen molar-refractivity contribution in [2.24, 2.45) is 0 Å². The molecule has 2 aromatic carbocycles. The van der Waals surface area contributed by atoms with Crippen LogP contribution in [0.1, 0.15) is 29.3 Å². The molecule has 0 aliphatic heterocycles. The molecule has 1 aromatic heterocycles. The van der Waals surface area contributed by atoms with E-state index in [1.165, 1.54) is 41.4 Å². The summed E-state index contributed by atoms with van der Waals surface area (Å²) < 4.78 is 1.43. The molecule has 3 aromatic rings. The normalized spacial score (nSPS) is 12.2. The maximum Gasteiger partial charge on any atom is 0.335 e. The number of allylic oxidation sites excluding steroid dienone is 2. The number of aromatic carboxylic acids is 1. The minimum absolute atomic E-state index is 0.0907. The molecule has 0 saturated heterocycles. The summed E-state index contributed by atoms with van der Waals surface area (Å²) in [6.45, 7) is 5.54. The standard InChI is InChI=1S/C25H23ClN6O4/c1-3-16(4-2)13-21(24(34)28-20-9-5-17(6-10-20)25(35)36)29-23(33)12-7-18-14-19(26)8-11-22(18)32-15-27-30-31-32/h3-12,14-15,21H,1,13H2,2H3,(H,28,34)(H,29,33)(H,35,36)/b12-7+,16-4+/t21-/m0/s1. The van der Waals surface area contributed by atoms with Crippen LogP contribution in [0.2, 0.25) is 5.02 Å². The topological polar surface area (TPSA) is 139 Å². The van der Waals surface area contributed by atoms with E-state index >= 15 is 0 Å². The number of carbonyl (C=O) groups is 3. The Hall–Kier alpha value is -4.57. The highest BCUT2D eigenvalue weighted by Gasteiger charge is 2.21. The maximum atomic E-state index is 13.0. The molecule has 2 amide bonds. The van der Waals surface area contributed by atoms with Gasteiger partial charge in [-0.2, -0.15) is 4.68 Å². The summed E-state index contributed by atoms with van der Waals surface area (Å²) in [7, 11) is 0. The van der Waals surface area contributed by atoms with Crippen LogP contribution in [0.15, 0.2) is 79.2 Å². The second-order valence-corrected chi connectivity index (χ2v) is 7.93. The van der Waals surface area contributed by atoms with E-state index < -0.39 is 23.8 Å². The van der Waals surface area contributed by atoms with Crippen LogP contribution < -0.4 is 10.6 Å². The average molecular weight is 507 g/mol. The van der Waals surface area contributed by atoms with Crippen molar-refractivity contribution in [2.45, 2.75) is 19.4 Å². The van der Waals surface area contributed by atoms with Gasteiger partial charge in [-0.05, 0) is 65.9 Å². The van der Waals surface area contributed by atoms with Crippen molar-refractivity contribution in [1.29, 1.82) is 0 Å². The largest absolute Gasteiger partial charge is 0.478 e. The number of halogens is 1. The summed E-state index contributed by atoms with van der Waals surface area (Å²) in [5.74, 6) is -2.06. The van der Waals surface area contributed by atoms with E-state index in [2.05, 4.69) is 32.7 Å². The van der Waals surface area contributed by atoms with Gasteiger partial charge in [0.25, 0.3) is 0 Å². The lowest BCUT2D eigenvalue weighted by Gasteiger charge is -2.18. The van der Waals surface area contributed by atoms with Gasteiger partial charge in [-0.1, -0.05) is 35.9 Å². The molecular formula is C25H23ClN6O4. The average Bonchev–Trinajstić information content (AvgIpc) is 3.40. The molecule has 10 nitrogen and oxygen atoms in total. The highest BCUT2D eigenvalue weighted by Crippen LogP contribution is 2.20. The molecule has 0 aliphatic rings. The van der Waals surface area contributed by atoms with Gasteiger partial charge in [-0.3, -0.25) is 9.59 Å². The van der Waals surface area contributed by atoms with E-state index in [1.54, 1.807) is 43.4 Å². The summed E-state index contributed by atoms with van der Waals surface area (Å²) in [4.78, 5) is 36.8. The highest BCUT2D eigenvalue weighted by molar-refractivity contribution is 6.30. The Labute approximate surface area is 212 Å². The van der Waals surface area contributed by atoms with Gasteiger partial charge < -0.3 is 15.7 Å². The molecule has 3 N–H and O–H groups in total. The van der Waals surface area contributed by atoms with E-state index in [9.17, 15) is 14.4 Å². The lowest BCUT2D eigenvalue weighted by atomic mass is 10.0. The van der Waals surface area contributed by atoms with Crippen LogP contribution in [-0.2, 0) is 9.59 Å². The zero-order valence-electron chi connectivity index (χ0n) is 19.3. The first-order chi connectivity index (χ1) is 17.3. The first-order valence-corrected chi connectivity index (χ1v) is 11.1. The molecule has 0 aliphatic carbocycles. The van der Waals surface area contributed by atoms with Gasteiger partial charge in [-0.15, -0.1) is 5.10 Å². The third-order valence-corrected chi connectivity index (χ3v) is 5.34. The third-order valence-electron chi connectivity index (χ3n) is 5.10. The third kappa shape index (κ3) is 6.97. The van der Waals surface area contributed by atoms with Crippen LogP contribution in [0.3, 0.4) is 0 Å². The minimum Gasteiger partial charge on any atom is -0.478 e. The molecule has 184 valence electrons. The smallest absolute Gasteiger partial charge is 0.335 e. The predicted octanol–water partition coefficient (Wildman–Crippen LogP) is 3.67. The zero-order chi connectivity index (χ0) is 26.1. The molecule has 0 radical (unpaired) electrons. The molecule has 0 spiro atoms. The first kappa shape index (κ1) is 26.0. The number of carbonyl (C=O) groups excluding carboxylic acids is 2. The Morgan fingerprint density at radius 3 is 2.56 bits per heavy atom. The van der Waals surface area contributed by atoms with Crippen LogP contribution in [0, 0.1) is 0 Å². The zero-order valence-corrected chi connectivity index (χ0v) is 20.0. The number of benzene rings is 2. The van der Waals surface area contributed by atoms with Crippen molar-refractivity contribution in [3.8, 4) is 5.69 Å². The summed E-state index contributed by atoms with van der Waals surface area (Å²) in [5.41, 5.74) is 2.44. The summed E-state index contributed by atoms with van der Waals surface area (Å²) in [6, 6.07) is 9.82. The van der Waals surface area contributed by atoms with Crippen LogP contribution >= 0.6 is 11.6 Å². The summed E-state index contributed by atoms with van der Waals surface area (Å²) in [6.07, 6.45) is 7.84. The fourth-order valence-corrected chi connectivity index (χ4v) is 3.39. The van der Waals surface area contributed by atoms with Crippen LogP contribution in [0.4, 0.5) is 5.69 Å². The van der Waals surface area contributed by atoms with Crippen molar-refractivity contribution in [3.05, 3.63) is 95.3 Å². The van der Waals surface area contributed by atoms with Gasteiger partial charge in [0.05, 0.1) is 11.3 Å². The SMILES string of the molecule is C=C/C(=C\C)C[C@H](NC(=O)/C=C/c1cc(Cl)ccc1-n1cnnn1)C(=O)Nc1ccc(C(=O)O)cc1. The number of tetrazole rings is 1. The Kier molecular flexibility index (Phi) is 8.84. The van der Waals surface area contributed by atoms with Crippen LogP contribution in [0.25, 0.3) is 11.8 Å². The quantitative estimate of drug-likeness (QED) is 0.281. The number of rotatable bonds is 10. The van der Waals surface area contributed by atoms with E-state index in [-0.39, 0.29) is 12.0 Å². The number of carboxylic acid groups (broad SMARTS) is 1. The van der Waals surface area contributed by atoms with Gasteiger partial charge in [-0.25, -0.2) is 4.79 Å². The van der Waals surface area contributed by atoms with E-state index in [4.69, 9.17) is 16.7 Å². The fourth-order valence-electron chi connectivity index (χ4n) is 3.21. The number of hydrogen-bond donors (Lipinski definition) is 3. The van der Waals surface area contributed by atoms with Crippen molar-refractivity contribution in [3.63, 3.8) is 0 Å². The Morgan fingerprint density at radius 1 is 1.19 bits per heavy atom. The second-order valence-electron chi connectivity index (χ2n) is 7.50. The van der Waals surface area contributed by atoms with E-state index in [0.717, 1.165) is 5.57 Å². The van der Waals surface area contributed by atoms with Gasteiger partial charge >= 0.3 is 5.97 Å². The highest BCUT2D eigenvalue weighted by atomic mass is 35.5. The minimum atomic E-state index is -1.07. The molecule has 3 rings (SSSR count). The molecule has 1 atom stereocenters. The number of hydrogen-bond acceptors (Lipinski definition) is 6. The second kappa shape index (κ2) is 12.2. The Morgan fingerprint density at radius 2 is 1.94 bits per heavy atom. The van der Waals surface area contributed by atoms with Crippen molar-refractivity contribution >= 4 is 41.1 Å². The lowest BCUT2D eigenvalue weighted by Crippen LogP contribution is -2.43. The summed E-state index contributed by atoms with van der Waals surface area (Å²) >= 11 is 6.12. The van der Waals surface area contributed by atoms with Gasteiger partial charge in [0, 0.05) is 28.8 Å². The van der Waals surface area contributed by atoms with Crippen molar-refractivity contribution < 1.29 is 19.5 Å². The van der Waals surface area contributed by atoms with Crippen LogP contribution in [-0.4, -0.2) is 49.1 Å². The number of aromatic nitrogens is 4. The van der Waals surface area contributed by atoms with Gasteiger partial charge in [0.2, 0.25) is 11.8 Å². The van der Waals surface area contributed by atoms with Crippen molar-refractivity contribution in [2.75, 3.05) is 5.32 Å². The van der Waals surface area contributed by atoms with Gasteiger partial charge in [0.1, 0.15) is 12.4 Å². The molecule has 0 saturated carbocycles. The number of carboxylic acids is 1. The van der Waals surface area contributed by atoms with Crippen molar-refractivity contribution in [1.82, 2.24) is 25.5 Å². The summed E-state index contributed by atoms with van der Waals surface area (Å²) in [5, 5.41) is 26.0. The first-order valence-electron chi connectivity index (χ1n) is 10.7. The van der Waals surface area contributed by atoms with E-state index in [1.807, 2.05) is 0 Å². The number of nitrogens with one attached hydrogen (secondary N) is 2. The molecular weight excluding hydrogens is 484 g/mol. The number of nitrogens with zero attached hydrogens (tertiary/aromatic N) is 4. The van der Waals surface area contributed by atoms with Gasteiger partial charge in [0.15, 0.2) is 0 Å². The molecule has 0 fully saturated rings. The number of anilines is 1. The molecule has 11 heteroatoms. The van der Waals surface area contributed by atoms with Crippen LogP contribution in [0.5, 0.6) is 0 Å². The molecule has 0 unspecified atom stereocenters. The Balaban J connectivity index is 1.78. The monoisotopic (exact) mass is 506 g/mol. The predicted molar refractivity (Wildman–Crippen MR) is 136 cm³/mol. The fraction of sp³-hybridized carbons (Fsp3) is 0.120. The Bertz CT molecular complexity index is 1320. The number of amides is 2. The molecule has 36 heavy (non-hydrogen) atoms. The lowest BCUT2D eigenvalue weighted by molar-refractivity contribution is -0.123. The molecule has 1 heterocycles. The van der Waals surface area contributed by atoms with E-state index in [0.29, 0.717) is 22.0 Å². The molecule has 0 bridgehead atoms. The maximum absolute atomic E-state index is 13.0.